The summed E-state index contributed by atoms with van der Waals surface area (Å²) in [6.45, 7) is 3.31. The van der Waals surface area contributed by atoms with Gasteiger partial charge in [-0.3, -0.25) is 0 Å². The van der Waals surface area contributed by atoms with Crippen LogP contribution >= 0.6 is 0 Å². The first kappa shape index (κ1) is 15.3. The van der Waals surface area contributed by atoms with Crippen molar-refractivity contribution in [2.45, 2.75) is 13.8 Å². The lowest BCUT2D eigenvalue weighted by molar-refractivity contribution is 0.0599. The molecule has 1 N–H and O–H groups in total. The van der Waals surface area contributed by atoms with Crippen molar-refractivity contribution >= 4 is 11.9 Å². The molecule has 0 spiro atoms. The Bertz CT molecular complexity index is 784. The Kier molecular flexibility index (Phi) is 4.28. The number of rotatable bonds is 3. The van der Waals surface area contributed by atoms with Crippen LogP contribution in [0.25, 0.3) is 0 Å². The second-order valence-corrected chi connectivity index (χ2v) is 4.65. The van der Waals surface area contributed by atoms with Crippen LogP contribution in [0.5, 0.6) is 5.75 Å². The number of esters is 2. The molecule has 0 saturated carbocycles. The topological polar surface area (TPSA) is 92.2 Å². The quantitative estimate of drug-likeness (QED) is 0.694. The zero-order valence-electron chi connectivity index (χ0n) is 12.4. The Balaban J connectivity index is 2.31. The van der Waals surface area contributed by atoms with Gasteiger partial charge in [0.15, 0.2) is 0 Å². The number of aryl methyl sites for hydroxylation is 1. The fourth-order valence-corrected chi connectivity index (χ4v) is 2.15. The highest BCUT2D eigenvalue weighted by Crippen LogP contribution is 2.21. The Morgan fingerprint density at radius 3 is 2.59 bits per heavy atom. The number of nitrogens with zero attached hydrogens (tertiary/aromatic N) is 1. The summed E-state index contributed by atoms with van der Waals surface area (Å²) in [5.41, 5.74) is 1.88. The molecule has 112 valence electrons. The number of benzene rings is 1. The minimum Gasteiger partial charge on any atom is -0.465 e. The predicted octanol–water partition coefficient (Wildman–Crippen LogP) is 2.51. The van der Waals surface area contributed by atoms with Crippen LogP contribution in [0.2, 0.25) is 0 Å². The van der Waals surface area contributed by atoms with Crippen molar-refractivity contribution in [3.05, 3.63) is 52.3 Å². The molecule has 0 saturated heterocycles. The minimum absolute atomic E-state index is 0.181. The molecule has 0 aliphatic rings. The van der Waals surface area contributed by atoms with Gasteiger partial charge in [-0.2, -0.15) is 5.26 Å². The average molecular weight is 298 g/mol. The number of methoxy groups -OCH3 is 1. The van der Waals surface area contributed by atoms with Gasteiger partial charge in [-0.25, -0.2) is 9.59 Å². The van der Waals surface area contributed by atoms with Gasteiger partial charge in [0.05, 0.1) is 24.3 Å². The van der Waals surface area contributed by atoms with E-state index in [4.69, 9.17) is 14.7 Å². The van der Waals surface area contributed by atoms with Crippen LogP contribution in [0, 0.1) is 25.2 Å². The third-order valence-corrected chi connectivity index (χ3v) is 3.20. The maximum Gasteiger partial charge on any atom is 0.360 e. The Morgan fingerprint density at radius 2 is 1.95 bits per heavy atom. The van der Waals surface area contributed by atoms with Gasteiger partial charge in [0, 0.05) is 5.69 Å². The molecule has 6 heteroatoms. The predicted molar refractivity (Wildman–Crippen MR) is 77.7 cm³/mol. The summed E-state index contributed by atoms with van der Waals surface area (Å²) < 4.78 is 9.92. The first-order valence-corrected chi connectivity index (χ1v) is 6.47. The maximum atomic E-state index is 12.2. The smallest absolute Gasteiger partial charge is 0.360 e. The van der Waals surface area contributed by atoms with Crippen LogP contribution in [-0.2, 0) is 4.74 Å². The summed E-state index contributed by atoms with van der Waals surface area (Å²) in [6.07, 6.45) is 0. The van der Waals surface area contributed by atoms with Crippen LogP contribution in [0.3, 0.4) is 0 Å². The highest BCUT2D eigenvalue weighted by atomic mass is 16.5. The molecular weight excluding hydrogens is 284 g/mol. The molecule has 1 heterocycles. The maximum absolute atomic E-state index is 12.2. The minimum atomic E-state index is -0.633. The largest absolute Gasteiger partial charge is 0.465 e. The average Bonchev–Trinajstić information content (AvgIpc) is 2.81. The second-order valence-electron chi connectivity index (χ2n) is 4.65. The molecule has 0 aliphatic carbocycles. The lowest BCUT2D eigenvalue weighted by Gasteiger charge is -2.04. The van der Waals surface area contributed by atoms with Crippen LogP contribution < -0.4 is 4.74 Å². The molecule has 0 radical (unpaired) electrons. The van der Waals surface area contributed by atoms with Gasteiger partial charge < -0.3 is 14.5 Å². The SMILES string of the molecule is COC(=O)c1c(C)[nH]c(C(=O)Oc2cccc(C#N)c2)c1C. The molecule has 0 fully saturated rings. The van der Waals surface area contributed by atoms with E-state index in [0.29, 0.717) is 22.4 Å². The molecule has 0 bridgehead atoms. The van der Waals surface area contributed by atoms with Gasteiger partial charge in [0.1, 0.15) is 11.4 Å². The standard InChI is InChI=1S/C16H14N2O4/c1-9-13(15(19)21-3)10(2)18-14(9)16(20)22-12-6-4-5-11(7-12)8-17/h4-7,18H,1-3H3. The van der Waals surface area contributed by atoms with E-state index >= 15 is 0 Å². The van der Waals surface area contributed by atoms with Gasteiger partial charge in [-0.15, -0.1) is 0 Å². The zero-order valence-corrected chi connectivity index (χ0v) is 12.4. The van der Waals surface area contributed by atoms with Crippen molar-refractivity contribution in [1.82, 2.24) is 4.98 Å². The number of H-pyrrole nitrogens is 1. The Morgan fingerprint density at radius 1 is 1.23 bits per heavy atom. The molecule has 22 heavy (non-hydrogen) atoms. The van der Waals surface area contributed by atoms with E-state index in [1.54, 1.807) is 32.0 Å². The van der Waals surface area contributed by atoms with Gasteiger partial charge in [0.2, 0.25) is 0 Å². The number of nitrogens with one attached hydrogen (secondary N) is 1. The normalized spacial score (nSPS) is 9.91. The molecule has 2 aromatic rings. The molecule has 0 amide bonds. The zero-order chi connectivity index (χ0) is 16.3. The van der Waals surface area contributed by atoms with E-state index in [0.717, 1.165) is 0 Å². The number of ether oxygens (including phenoxy) is 2. The Labute approximate surface area is 127 Å². The molecule has 1 aromatic carbocycles. The number of hydrogen-bond donors (Lipinski definition) is 1. The Hall–Kier alpha value is -3.07. The van der Waals surface area contributed by atoms with E-state index in [1.165, 1.54) is 13.2 Å². The van der Waals surface area contributed by atoms with Crippen LogP contribution in [0.1, 0.15) is 37.7 Å². The summed E-state index contributed by atoms with van der Waals surface area (Å²) >= 11 is 0. The van der Waals surface area contributed by atoms with Gasteiger partial charge in [-0.05, 0) is 37.6 Å². The summed E-state index contributed by atoms with van der Waals surface area (Å²) in [4.78, 5) is 26.8. The summed E-state index contributed by atoms with van der Waals surface area (Å²) in [6, 6.07) is 8.23. The number of aromatic amines is 1. The highest BCUT2D eigenvalue weighted by molar-refractivity contribution is 5.99. The first-order chi connectivity index (χ1) is 10.5. The number of carbonyl (C=O) groups excluding carboxylic acids is 2. The molecule has 0 atom stereocenters. The number of carbonyl (C=O) groups is 2. The van der Waals surface area contributed by atoms with Gasteiger partial charge in [0.25, 0.3) is 0 Å². The number of nitriles is 1. The van der Waals surface area contributed by atoms with E-state index < -0.39 is 11.9 Å². The molecule has 0 aliphatic heterocycles. The molecule has 1 aromatic heterocycles. The van der Waals surface area contributed by atoms with Crippen LogP contribution in [0.4, 0.5) is 0 Å². The lowest BCUT2D eigenvalue weighted by atomic mass is 10.1. The van der Waals surface area contributed by atoms with Crippen molar-refractivity contribution in [3.8, 4) is 11.8 Å². The first-order valence-electron chi connectivity index (χ1n) is 6.47. The van der Waals surface area contributed by atoms with E-state index in [-0.39, 0.29) is 11.4 Å². The van der Waals surface area contributed by atoms with Crippen LogP contribution in [-0.4, -0.2) is 24.0 Å². The highest BCUT2D eigenvalue weighted by Gasteiger charge is 2.23. The van der Waals surface area contributed by atoms with Gasteiger partial charge in [-0.1, -0.05) is 6.07 Å². The van der Waals surface area contributed by atoms with Crippen LogP contribution in [0.15, 0.2) is 24.3 Å². The fraction of sp³-hybridized carbons (Fsp3) is 0.188. The third-order valence-electron chi connectivity index (χ3n) is 3.20. The monoisotopic (exact) mass is 298 g/mol. The number of hydrogen-bond acceptors (Lipinski definition) is 5. The second kappa shape index (κ2) is 6.14. The molecule has 2 rings (SSSR count). The summed E-state index contributed by atoms with van der Waals surface area (Å²) in [5.74, 6) is -0.891. The van der Waals surface area contributed by atoms with Crippen molar-refractivity contribution < 1.29 is 19.1 Å². The van der Waals surface area contributed by atoms with Crippen molar-refractivity contribution in [2.24, 2.45) is 0 Å². The van der Waals surface area contributed by atoms with E-state index in [9.17, 15) is 9.59 Å². The molecule has 6 nitrogen and oxygen atoms in total. The number of aromatic nitrogens is 1. The summed E-state index contributed by atoms with van der Waals surface area (Å²) in [5, 5.41) is 8.84. The van der Waals surface area contributed by atoms with Crippen molar-refractivity contribution in [2.75, 3.05) is 7.11 Å². The van der Waals surface area contributed by atoms with Gasteiger partial charge >= 0.3 is 11.9 Å². The fourth-order valence-electron chi connectivity index (χ4n) is 2.15. The van der Waals surface area contributed by atoms with E-state index in [2.05, 4.69) is 4.98 Å². The molecule has 0 unspecified atom stereocenters. The summed E-state index contributed by atoms with van der Waals surface area (Å²) in [7, 11) is 1.28. The lowest BCUT2D eigenvalue weighted by Crippen LogP contribution is -2.11. The van der Waals surface area contributed by atoms with Crippen molar-refractivity contribution in [3.63, 3.8) is 0 Å². The third kappa shape index (κ3) is 2.83. The van der Waals surface area contributed by atoms with E-state index in [1.807, 2.05) is 6.07 Å². The molecular formula is C16H14N2O4. The van der Waals surface area contributed by atoms with Crippen molar-refractivity contribution in [1.29, 1.82) is 5.26 Å².